The van der Waals surface area contributed by atoms with Crippen molar-refractivity contribution >= 4 is 21.4 Å². The van der Waals surface area contributed by atoms with Gasteiger partial charge in [-0.1, -0.05) is 18.3 Å². The topological polar surface area (TPSA) is 50.5 Å². The zero-order chi connectivity index (χ0) is 14.1. The molecular formula is C15H18N4OS. The molecule has 2 saturated carbocycles. The van der Waals surface area contributed by atoms with Gasteiger partial charge in [-0.2, -0.15) is 4.52 Å². The van der Waals surface area contributed by atoms with Crippen molar-refractivity contribution in [3.63, 3.8) is 0 Å². The van der Waals surface area contributed by atoms with Crippen LogP contribution in [0, 0.1) is 17.8 Å². The van der Waals surface area contributed by atoms with E-state index in [0.717, 1.165) is 46.5 Å². The van der Waals surface area contributed by atoms with Crippen LogP contribution in [0.15, 0.2) is 10.9 Å². The van der Waals surface area contributed by atoms with E-state index in [-0.39, 0.29) is 5.56 Å². The van der Waals surface area contributed by atoms with E-state index in [0.29, 0.717) is 6.04 Å². The predicted molar refractivity (Wildman–Crippen MR) is 82.0 cm³/mol. The van der Waals surface area contributed by atoms with Crippen LogP contribution in [-0.4, -0.2) is 27.2 Å². The summed E-state index contributed by atoms with van der Waals surface area (Å²) in [7, 11) is 0. The highest BCUT2D eigenvalue weighted by Crippen LogP contribution is 2.56. The lowest BCUT2D eigenvalue weighted by atomic mass is 9.77. The number of nitrogens with zero attached hydrogens (tertiary/aromatic N) is 4. The minimum Gasteiger partial charge on any atom is -0.343 e. The van der Waals surface area contributed by atoms with Gasteiger partial charge in [-0.25, -0.2) is 4.98 Å². The first-order chi connectivity index (χ1) is 10.2. The maximum Gasteiger partial charge on any atom is 0.275 e. The Bertz CT molecular complexity index is 780. The van der Waals surface area contributed by atoms with Crippen molar-refractivity contribution in [3.8, 4) is 0 Å². The Balaban J connectivity index is 1.54. The summed E-state index contributed by atoms with van der Waals surface area (Å²) in [4.78, 5) is 19.8. The first kappa shape index (κ1) is 12.1. The quantitative estimate of drug-likeness (QED) is 0.851. The summed E-state index contributed by atoms with van der Waals surface area (Å²) in [6.45, 7) is 3.15. The van der Waals surface area contributed by atoms with Gasteiger partial charge in [0.05, 0.1) is 0 Å². The molecular weight excluding hydrogens is 284 g/mol. The molecule has 3 aliphatic rings. The molecule has 0 radical (unpaired) electrons. The number of fused-ring (bicyclic) bond motifs is 6. The van der Waals surface area contributed by atoms with Crippen molar-refractivity contribution in [2.75, 3.05) is 11.4 Å². The van der Waals surface area contributed by atoms with Crippen LogP contribution in [0.1, 0.15) is 31.9 Å². The maximum absolute atomic E-state index is 12.1. The molecule has 6 heteroatoms. The van der Waals surface area contributed by atoms with Crippen LogP contribution in [0.25, 0.3) is 4.96 Å². The molecule has 2 aromatic heterocycles. The average molecular weight is 302 g/mol. The van der Waals surface area contributed by atoms with Gasteiger partial charge in [-0.05, 0) is 37.5 Å². The molecule has 0 aromatic carbocycles. The van der Waals surface area contributed by atoms with Gasteiger partial charge in [0.25, 0.3) is 5.56 Å². The monoisotopic (exact) mass is 302 g/mol. The first-order valence-corrected chi connectivity index (χ1v) is 8.72. The molecule has 5 nitrogen and oxygen atoms in total. The third kappa shape index (κ3) is 1.54. The van der Waals surface area contributed by atoms with Crippen LogP contribution >= 0.6 is 11.3 Å². The molecule has 2 bridgehead atoms. The molecule has 3 fully saturated rings. The molecule has 110 valence electrons. The van der Waals surface area contributed by atoms with E-state index in [1.165, 1.54) is 23.8 Å². The zero-order valence-electron chi connectivity index (χ0n) is 12.0. The van der Waals surface area contributed by atoms with Crippen molar-refractivity contribution in [3.05, 3.63) is 22.1 Å². The van der Waals surface area contributed by atoms with Crippen molar-refractivity contribution < 1.29 is 0 Å². The Morgan fingerprint density at radius 2 is 2.24 bits per heavy atom. The van der Waals surface area contributed by atoms with Crippen LogP contribution in [0.5, 0.6) is 0 Å². The Morgan fingerprint density at radius 1 is 1.38 bits per heavy atom. The number of rotatable bonds is 2. The molecule has 2 aromatic rings. The van der Waals surface area contributed by atoms with E-state index < -0.39 is 0 Å². The number of aryl methyl sites for hydroxylation is 1. The van der Waals surface area contributed by atoms with Crippen molar-refractivity contribution in [2.45, 2.75) is 38.6 Å². The second-order valence-electron chi connectivity index (χ2n) is 6.66. The van der Waals surface area contributed by atoms with Crippen molar-refractivity contribution in [1.82, 2.24) is 14.6 Å². The maximum atomic E-state index is 12.1. The summed E-state index contributed by atoms with van der Waals surface area (Å²) in [5.41, 5.74) is 0.806. The fourth-order valence-corrected chi connectivity index (χ4v) is 5.66. The van der Waals surface area contributed by atoms with Gasteiger partial charge < -0.3 is 4.90 Å². The van der Waals surface area contributed by atoms with Crippen molar-refractivity contribution in [1.29, 1.82) is 0 Å². The molecule has 5 rings (SSSR count). The normalized spacial score (nSPS) is 33.5. The predicted octanol–water partition coefficient (Wildman–Crippen LogP) is 1.95. The lowest BCUT2D eigenvalue weighted by molar-refractivity contribution is 0.199. The smallest absolute Gasteiger partial charge is 0.275 e. The lowest BCUT2D eigenvalue weighted by Crippen LogP contribution is -2.59. The Morgan fingerprint density at radius 3 is 3.05 bits per heavy atom. The number of hydrogen-bond acceptors (Lipinski definition) is 5. The largest absolute Gasteiger partial charge is 0.343 e. The van der Waals surface area contributed by atoms with Crippen LogP contribution < -0.4 is 10.5 Å². The lowest BCUT2D eigenvalue weighted by Gasteiger charge is -2.50. The SMILES string of the molecule is CCc1cc(=O)n2nc(N3C[C@H]4[C@H]5CC[C@@H](C5)[C@@H]43)sc2n1. The standard InChI is InChI=1S/C15H18N4OS/c1-2-10-6-12(20)19-14(16-10)21-15(17-19)18-7-11-8-3-4-9(5-8)13(11)18/h6,8-9,11,13H,2-5,7H2,1H3/t8-,9-,11-,13-/m0/s1. The number of aromatic nitrogens is 3. The molecule has 21 heavy (non-hydrogen) atoms. The minimum absolute atomic E-state index is 0.0515. The van der Waals surface area contributed by atoms with Crippen molar-refractivity contribution in [2.24, 2.45) is 17.8 Å². The molecule has 1 aliphatic heterocycles. The van der Waals surface area contributed by atoms with E-state index in [1.807, 2.05) is 6.92 Å². The molecule has 0 spiro atoms. The third-order valence-electron chi connectivity index (χ3n) is 5.70. The van der Waals surface area contributed by atoms with Crippen LogP contribution in [-0.2, 0) is 6.42 Å². The van der Waals surface area contributed by atoms with Crippen LogP contribution in [0.2, 0.25) is 0 Å². The summed E-state index contributed by atoms with van der Waals surface area (Å²) < 4.78 is 1.47. The highest BCUT2D eigenvalue weighted by molar-refractivity contribution is 7.20. The molecule has 0 amide bonds. The second kappa shape index (κ2) is 4.06. The van der Waals surface area contributed by atoms with Gasteiger partial charge in [0.1, 0.15) is 0 Å². The summed E-state index contributed by atoms with van der Waals surface area (Å²) in [5, 5.41) is 5.53. The summed E-state index contributed by atoms with van der Waals surface area (Å²) in [6.07, 6.45) is 5.01. The van der Waals surface area contributed by atoms with Gasteiger partial charge in [0.2, 0.25) is 10.1 Å². The minimum atomic E-state index is -0.0515. The van der Waals surface area contributed by atoms with Gasteiger partial charge in [0.15, 0.2) is 0 Å². The first-order valence-electron chi connectivity index (χ1n) is 7.91. The molecule has 2 aliphatic carbocycles. The van der Waals surface area contributed by atoms with E-state index >= 15 is 0 Å². The van der Waals surface area contributed by atoms with Crippen LogP contribution in [0.3, 0.4) is 0 Å². The molecule has 4 atom stereocenters. The number of hydrogen-bond donors (Lipinski definition) is 0. The zero-order valence-corrected chi connectivity index (χ0v) is 12.8. The van der Waals surface area contributed by atoms with Gasteiger partial charge >= 0.3 is 0 Å². The van der Waals surface area contributed by atoms with E-state index in [2.05, 4.69) is 15.0 Å². The van der Waals surface area contributed by atoms with Gasteiger partial charge in [0, 0.05) is 30.3 Å². The molecule has 3 heterocycles. The van der Waals surface area contributed by atoms with Crippen LogP contribution in [0.4, 0.5) is 5.13 Å². The molecule has 0 unspecified atom stereocenters. The fourth-order valence-electron chi connectivity index (χ4n) is 4.68. The highest BCUT2D eigenvalue weighted by Gasteiger charge is 2.57. The Kier molecular flexibility index (Phi) is 2.35. The summed E-state index contributed by atoms with van der Waals surface area (Å²) in [6, 6.07) is 2.29. The Labute approximate surface area is 126 Å². The van der Waals surface area contributed by atoms with E-state index in [1.54, 1.807) is 17.4 Å². The highest BCUT2D eigenvalue weighted by atomic mass is 32.1. The number of anilines is 1. The molecule has 0 N–H and O–H groups in total. The van der Waals surface area contributed by atoms with Gasteiger partial charge in [-0.3, -0.25) is 4.79 Å². The third-order valence-corrected chi connectivity index (χ3v) is 6.65. The summed E-state index contributed by atoms with van der Waals surface area (Å²) in [5.74, 6) is 2.70. The van der Waals surface area contributed by atoms with E-state index in [9.17, 15) is 4.79 Å². The second-order valence-corrected chi connectivity index (χ2v) is 7.59. The van der Waals surface area contributed by atoms with E-state index in [4.69, 9.17) is 0 Å². The van der Waals surface area contributed by atoms with Gasteiger partial charge in [-0.15, -0.1) is 5.10 Å². The summed E-state index contributed by atoms with van der Waals surface area (Å²) >= 11 is 1.57. The molecule has 1 saturated heterocycles. The average Bonchev–Trinajstić information content (AvgIpc) is 3.10. The Hall–Kier alpha value is -1.43. The fraction of sp³-hybridized carbons (Fsp3) is 0.667.